The van der Waals surface area contributed by atoms with Crippen LogP contribution in [0.15, 0.2) is 48.2 Å². The molecule has 1 heterocycles. The molecule has 0 atom stereocenters. The molecule has 1 N–H and O–H groups in total. The Bertz CT molecular complexity index is 1010. The third-order valence-electron chi connectivity index (χ3n) is 5.35. The number of ether oxygens (including phenoxy) is 1. The molecule has 0 bridgehead atoms. The largest absolute Gasteiger partial charge is 0.493 e. The average molecular weight is 423 g/mol. The highest BCUT2D eigenvalue weighted by Gasteiger charge is 2.41. The molecule has 0 saturated carbocycles. The van der Waals surface area contributed by atoms with Gasteiger partial charge in [0.05, 0.1) is 24.5 Å². The Balaban J connectivity index is 2.02. The maximum atomic E-state index is 13.5. The predicted molar refractivity (Wildman–Crippen MR) is 122 cm³/mol. The molecule has 0 radical (unpaired) electrons. The highest BCUT2D eigenvalue weighted by Crippen LogP contribution is 2.35. The van der Waals surface area contributed by atoms with Crippen molar-refractivity contribution in [3.8, 4) is 5.75 Å². The molecule has 1 aliphatic rings. The molecule has 2 aromatic rings. The van der Waals surface area contributed by atoms with Gasteiger partial charge in [-0.25, -0.2) is 4.90 Å². The molecule has 0 aliphatic carbocycles. The van der Waals surface area contributed by atoms with Gasteiger partial charge in [-0.15, -0.1) is 0 Å². The predicted octanol–water partition coefficient (Wildman–Crippen LogP) is 3.55. The number of amides is 2. The van der Waals surface area contributed by atoms with Gasteiger partial charge >= 0.3 is 0 Å². The van der Waals surface area contributed by atoms with E-state index in [1.165, 1.54) is 4.90 Å². The first kappa shape index (κ1) is 22.6. The van der Waals surface area contributed by atoms with Gasteiger partial charge in [-0.1, -0.05) is 32.0 Å². The lowest BCUT2D eigenvalue weighted by Crippen LogP contribution is -2.35. The van der Waals surface area contributed by atoms with Gasteiger partial charge in [0.1, 0.15) is 11.4 Å². The van der Waals surface area contributed by atoms with Crippen LogP contribution in [0.1, 0.15) is 30.5 Å². The molecule has 2 amide bonds. The summed E-state index contributed by atoms with van der Waals surface area (Å²) >= 11 is 0. The molecule has 164 valence electrons. The quantitative estimate of drug-likeness (QED) is 0.659. The molecule has 3 rings (SSSR count). The van der Waals surface area contributed by atoms with Crippen molar-refractivity contribution in [3.05, 3.63) is 64.9 Å². The number of likely N-dealkylation sites (N-methyl/N-ethyl adjacent to an activating group) is 1. The second kappa shape index (κ2) is 9.35. The van der Waals surface area contributed by atoms with Crippen LogP contribution in [-0.2, 0) is 9.59 Å². The van der Waals surface area contributed by atoms with E-state index in [1.54, 1.807) is 30.1 Å². The lowest BCUT2D eigenvalue weighted by atomic mass is 10.0. The number of carbonyl (C=O) groups is 2. The molecule has 0 fully saturated rings. The number of carbonyl (C=O) groups excluding carboxylic acids is 2. The molecule has 1 aliphatic heterocycles. The van der Waals surface area contributed by atoms with E-state index in [4.69, 9.17) is 4.74 Å². The fourth-order valence-electron chi connectivity index (χ4n) is 3.47. The Morgan fingerprint density at radius 2 is 1.68 bits per heavy atom. The molecule has 0 aromatic heterocycles. The summed E-state index contributed by atoms with van der Waals surface area (Å²) in [5.41, 5.74) is 3.89. The van der Waals surface area contributed by atoms with Crippen LogP contribution in [0.25, 0.3) is 5.57 Å². The zero-order valence-corrected chi connectivity index (χ0v) is 18.8. The summed E-state index contributed by atoms with van der Waals surface area (Å²) in [6, 6.07) is 12.8. The highest BCUT2D eigenvalue weighted by molar-refractivity contribution is 6.45. The summed E-state index contributed by atoms with van der Waals surface area (Å²) in [5.74, 6) is 0.357. The van der Waals surface area contributed by atoms with E-state index in [9.17, 15) is 14.7 Å². The minimum absolute atomic E-state index is 0.125. The minimum Gasteiger partial charge on any atom is -0.493 e. The van der Waals surface area contributed by atoms with E-state index in [0.717, 1.165) is 11.1 Å². The maximum Gasteiger partial charge on any atom is 0.282 e. The summed E-state index contributed by atoms with van der Waals surface area (Å²) in [5, 5.41) is 9.41. The Hall–Kier alpha value is -3.12. The van der Waals surface area contributed by atoms with Gasteiger partial charge in [-0.3, -0.25) is 9.59 Å². The fraction of sp³-hybridized carbons (Fsp3) is 0.360. The van der Waals surface area contributed by atoms with Crippen LogP contribution in [0, 0.1) is 19.8 Å². The topological polar surface area (TPSA) is 70.1 Å². The van der Waals surface area contributed by atoms with Crippen LogP contribution < -0.4 is 9.64 Å². The first-order valence-electron chi connectivity index (χ1n) is 10.5. The van der Waals surface area contributed by atoms with Crippen LogP contribution in [0.2, 0.25) is 0 Å². The molecule has 2 aromatic carbocycles. The standard InChI is InChI=1S/C25H30N2O4/c1-16(2)15-31-21-10-7-19(8-11-21)22-23(26(5)12-13-28)25(30)27(24(22)29)20-9-6-17(3)18(4)14-20/h6-11,14,16,28H,12-13,15H2,1-5H3. The zero-order chi connectivity index (χ0) is 22.7. The van der Waals surface area contributed by atoms with Gasteiger partial charge in [0.15, 0.2) is 0 Å². The van der Waals surface area contributed by atoms with E-state index < -0.39 is 0 Å². The molecule has 31 heavy (non-hydrogen) atoms. The number of anilines is 1. The number of benzene rings is 2. The van der Waals surface area contributed by atoms with Crippen molar-refractivity contribution in [2.45, 2.75) is 27.7 Å². The second-order valence-corrected chi connectivity index (χ2v) is 8.31. The van der Waals surface area contributed by atoms with E-state index in [0.29, 0.717) is 35.1 Å². The molecule has 0 spiro atoms. The first-order chi connectivity index (χ1) is 14.7. The maximum absolute atomic E-state index is 13.5. The van der Waals surface area contributed by atoms with E-state index in [-0.39, 0.29) is 30.7 Å². The lowest BCUT2D eigenvalue weighted by molar-refractivity contribution is -0.120. The Morgan fingerprint density at radius 1 is 1.00 bits per heavy atom. The zero-order valence-electron chi connectivity index (χ0n) is 18.8. The van der Waals surface area contributed by atoms with Crippen LogP contribution in [0.3, 0.4) is 0 Å². The highest BCUT2D eigenvalue weighted by atomic mass is 16.5. The smallest absolute Gasteiger partial charge is 0.282 e. The summed E-state index contributed by atoms with van der Waals surface area (Å²) < 4.78 is 5.74. The van der Waals surface area contributed by atoms with Crippen LogP contribution in [-0.4, -0.2) is 48.6 Å². The third-order valence-corrected chi connectivity index (χ3v) is 5.35. The van der Waals surface area contributed by atoms with Crippen molar-refractivity contribution in [1.29, 1.82) is 0 Å². The summed E-state index contributed by atoms with van der Waals surface area (Å²) in [6.07, 6.45) is 0. The van der Waals surface area contributed by atoms with Crippen LogP contribution in [0.5, 0.6) is 5.75 Å². The van der Waals surface area contributed by atoms with Crippen molar-refractivity contribution in [2.75, 3.05) is 31.7 Å². The van der Waals surface area contributed by atoms with Gasteiger partial charge in [0, 0.05) is 13.6 Å². The number of aryl methyl sites for hydroxylation is 2. The summed E-state index contributed by atoms with van der Waals surface area (Å²) in [4.78, 5) is 29.7. The molecule has 6 nitrogen and oxygen atoms in total. The van der Waals surface area contributed by atoms with Crippen molar-refractivity contribution < 1.29 is 19.4 Å². The van der Waals surface area contributed by atoms with Gasteiger partial charge in [0.25, 0.3) is 11.8 Å². The Morgan fingerprint density at radius 3 is 2.26 bits per heavy atom. The van der Waals surface area contributed by atoms with Gasteiger partial charge in [-0.2, -0.15) is 0 Å². The molecule has 0 saturated heterocycles. The number of rotatable bonds is 8. The number of hydrogen-bond donors (Lipinski definition) is 1. The number of hydrogen-bond acceptors (Lipinski definition) is 5. The normalized spacial score (nSPS) is 14.1. The molecule has 0 unspecified atom stereocenters. The minimum atomic E-state index is -0.390. The number of imide groups is 1. The van der Waals surface area contributed by atoms with E-state index in [1.807, 2.05) is 38.1 Å². The molecule has 6 heteroatoms. The van der Waals surface area contributed by atoms with E-state index >= 15 is 0 Å². The third kappa shape index (κ3) is 4.64. The first-order valence-corrected chi connectivity index (χ1v) is 10.5. The molecular formula is C25H30N2O4. The van der Waals surface area contributed by atoms with Gasteiger partial charge in [0.2, 0.25) is 0 Å². The van der Waals surface area contributed by atoms with Crippen molar-refractivity contribution in [1.82, 2.24) is 4.90 Å². The number of aliphatic hydroxyl groups excluding tert-OH is 1. The average Bonchev–Trinajstić information content (AvgIpc) is 2.99. The van der Waals surface area contributed by atoms with Crippen LogP contribution in [0.4, 0.5) is 5.69 Å². The Labute approximate surface area is 183 Å². The second-order valence-electron chi connectivity index (χ2n) is 8.31. The van der Waals surface area contributed by atoms with Gasteiger partial charge in [-0.05, 0) is 60.7 Å². The molecular weight excluding hydrogens is 392 g/mol. The summed E-state index contributed by atoms with van der Waals surface area (Å²) in [7, 11) is 1.71. The fourth-order valence-corrected chi connectivity index (χ4v) is 3.47. The number of nitrogens with zero attached hydrogens (tertiary/aromatic N) is 2. The SMILES string of the molecule is Cc1ccc(N2C(=O)C(c3ccc(OCC(C)C)cc3)=C(N(C)CCO)C2=O)cc1C. The monoisotopic (exact) mass is 422 g/mol. The van der Waals surface area contributed by atoms with Crippen molar-refractivity contribution >= 4 is 23.1 Å². The van der Waals surface area contributed by atoms with Crippen molar-refractivity contribution in [2.24, 2.45) is 5.92 Å². The van der Waals surface area contributed by atoms with Crippen molar-refractivity contribution in [3.63, 3.8) is 0 Å². The van der Waals surface area contributed by atoms with E-state index in [2.05, 4.69) is 13.8 Å². The number of aliphatic hydroxyl groups is 1. The lowest BCUT2D eigenvalue weighted by Gasteiger charge is -2.20. The van der Waals surface area contributed by atoms with Gasteiger partial charge < -0.3 is 14.7 Å². The summed E-state index contributed by atoms with van der Waals surface area (Å²) in [6.45, 7) is 8.81. The Kier molecular flexibility index (Phi) is 6.81. The van der Waals surface area contributed by atoms with Crippen LogP contribution >= 0.6 is 0 Å².